The van der Waals surface area contributed by atoms with E-state index in [0.717, 1.165) is 12.8 Å². The number of nitrogens with one attached hydrogen (secondary N) is 1. The van der Waals surface area contributed by atoms with Crippen LogP contribution in [0.3, 0.4) is 0 Å². The molecule has 1 unspecified atom stereocenters. The first-order chi connectivity index (χ1) is 7.79. The van der Waals surface area contributed by atoms with Gasteiger partial charge in [-0.25, -0.2) is 4.79 Å². The minimum atomic E-state index is -0.498. The number of carbonyl (C=O) groups is 1. The van der Waals surface area contributed by atoms with Crippen LogP contribution >= 0.6 is 0 Å². The molecule has 1 rings (SSSR count). The van der Waals surface area contributed by atoms with Crippen LogP contribution in [0.5, 0.6) is 0 Å². The fourth-order valence-electron chi connectivity index (χ4n) is 2.29. The van der Waals surface area contributed by atoms with Gasteiger partial charge in [0.15, 0.2) is 0 Å². The third-order valence-corrected chi connectivity index (χ3v) is 3.14. The molecule has 0 aliphatic heterocycles. The van der Waals surface area contributed by atoms with E-state index in [9.17, 15) is 9.90 Å². The second-order valence-electron chi connectivity index (χ2n) is 5.97. The molecule has 1 aliphatic carbocycles. The predicted molar refractivity (Wildman–Crippen MR) is 66.8 cm³/mol. The van der Waals surface area contributed by atoms with Crippen molar-refractivity contribution in [3.63, 3.8) is 0 Å². The molecule has 4 nitrogen and oxygen atoms in total. The highest BCUT2D eigenvalue weighted by Crippen LogP contribution is 2.28. The first-order valence-electron chi connectivity index (χ1n) is 6.47. The Labute approximate surface area is 104 Å². The zero-order valence-corrected chi connectivity index (χ0v) is 11.3. The van der Waals surface area contributed by atoms with Crippen LogP contribution in [-0.2, 0) is 4.74 Å². The van der Waals surface area contributed by atoms with E-state index in [2.05, 4.69) is 5.32 Å². The van der Waals surface area contributed by atoms with Gasteiger partial charge in [-0.05, 0) is 46.5 Å². The number of hydrogen-bond donors (Lipinski definition) is 2. The molecule has 0 bridgehead atoms. The van der Waals surface area contributed by atoms with Gasteiger partial charge < -0.3 is 15.2 Å². The van der Waals surface area contributed by atoms with Crippen molar-refractivity contribution in [1.82, 2.24) is 5.32 Å². The van der Waals surface area contributed by atoms with Crippen LogP contribution < -0.4 is 5.32 Å². The summed E-state index contributed by atoms with van der Waals surface area (Å²) in [6.07, 6.45) is 3.55. The number of amides is 1. The van der Waals surface area contributed by atoms with E-state index in [1.165, 1.54) is 12.8 Å². The number of aliphatic hydroxyl groups excluding tert-OH is 1. The maximum Gasteiger partial charge on any atom is 0.407 e. The maximum atomic E-state index is 11.5. The van der Waals surface area contributed by atoms with Crippen LogP contribution in [0.2, 0.25) is 0 Å². The lowest BCUT2D eigenvalue weighted by atomic mass is 9.96. The minimum absolute atomic E-state index is 0.257. The van der Waals surface area contributed by atoms with E-state index in [-0.39, 0.29) is 6.04 Å². The van der Waals surface area contributed by atoms with Crippen LogP contribution in [0.25, 0.3) is 0 Å². The molecule has 1 fully saturated rings. The van der Waals surface area contributed by atoms with Gasteiger partial charge >= 0.3 is 6.09 Å². The molecular formula is C13H25NO3. The van der Waals surface area contributed by atoms with Crippen LogP contribution in [0.15, 0.2) is 0 Å². The van der Waals surface area contributed by atoms with Gasteiger partial charge in [-0.1, -0.05) is 12.8 Å². The standard InChI is InChI=1S/C13H25NO3/c1-9(11(15)10-7-5-6-8-10)14-12(16)17-13(2,3)4/h9-11,15H,5-8H2,1-4H3,(H,14,16)/t9-,11?/m1/s1. The normalized spacial score (nSPS) is 21.0. The Hall–Kier alpha value is -0.770. The number of hydrogen-bond acceptors (Lipinski definition) is 3. The molecule has 0 aromatic heterocycles. The summed E-state index contributed by atoms with van der Waals surface area (Å²) < 4.78 is 5.16. The topological polar surface area (TPSA) is 58.6 Å². The minimum Gasteiger partial charge on any atom is -0.444 e. The first kappa shape index (κ1) is 14.3. The van der Waals surface area contributed by atoms with Crippen molar-refractivity contribution < 1.29 is 14.6 Å². The Morgan fingerprint density at radius 2 is 1.88 bits per heavy atom. The van der Waals surface area contributed by atoms with Crippen LogP contribution in [-0.4, -0.2) is 28.9 Å². The largest absolute Gasteiger partial charge is 0.444 e. The van der Waals surface area contributed by atoms with E-state index >= 15 is 0 Å². The number of alkyl carbamates (subject to hydrolysis) is 1. The van der Waals surface area contributed by atoms with E-state index < -0.39 is 17.8 Å². The van der Waals surface area contributed by atoms with Gasteiger partial charge in [-0.15, -0.1) is 0 Å². The molecule has 100 valence electrons. The fourth-order valence-corrected chi connectivity index (χ4v) is 2.29. The monoisotopic (exact) mass is 243 g/mol. The molecule has 0 aromatic rings. The Morgan fingerprint density at radius 3 is 2.35 bits per heavy atom. The first-order valence-corrected chi connectivity index (χ1v) is 6.47. The number of ether oxygens (including phenoxy) is 1. The SMILES string of the molecule is C[C@@H](NC(=O)OC(C)(C)C)C(O)C1CCCC1. The second-order valence-corrected chi connectivity index (χ2v) is 5.97. The summed E-state index contributed by atoms with van der Waals surface area (Å²) in [4.78, 5) is 11.5. The third kappa shape index (κ3) is 4.94. The van der Waals surface area contributed by atoms with Gasteiger partial charge in [-0.3, -0.25) is 0 Å². The molecule has 0 saturated heterocycles. The lowest BCUT2D eigenvalue weighted by molar-refractivity contribution is 0.0354. The third-order valence-electron chi connectivity index (χ3n) is 3.14. The van der Waals surface area contributed by atoms with Crippen molar-refractivity contribution >= 4 is 6.09 Å². The van der Waals surface area contributed by atoms with Crippen molar-refractivity contribution in [1.29, 1.82) is 0 Å². The van der Waals surface area contributed by atoms with Gasteiger partial charge in [-0.2, -0.15) is 0 Å². The smallest absolute Gasteiger partial charge is 0.407 e. The van der Waals surface area contributed by atoms with E-state index in [1.54, 1.807) is 0 Å². The quantitative estimate of drug-likeness (QED) is 0.800. The van der Waals surface area contributed by atoms with Gasteiger partial charge in [0.05, 0.1) is 12.1 Å². The van der Waals surface area contributed by atoms with Crippen LogP contribution in [0, 0.1) is 5.92 Å². The Bertz CT molecular complexity index is 254. The highest BCUT2D eigenvalue weighted by molar-refractivity contribution is 5.68. The predicted octanol–water partition coefficient (Wildman–Crippen LogP) is 2.45. The van der Waals surface area contributed by atoms with E-state index in [1.807, 2.05) is 27.7 Å². The van der Waals surface area contributed by atoms with Crippen molar-refractivity contribution in [2.75, 3.05) is 0 Å². The fraction of sp³-hybridized carbons (Fsp3) is 0.923. The summed E-state index contributed by atoms with van der Waals surface area (Å²) in [6, 6.07) is -0.257. The molecule has 1 amide bonds. The second kappa shape index (κ2) is 5.71. The van der Waals surface area contributed by atoms with E-state index in [4.69, 9.17) is 4.74 Å². The average molecular weight is 243 g/mol. The lowest BCUT2D eigenvalue weighted by Gasteiger charge is -2.27. The molecule has 2 atom stereocenters. The Morgan fingerprint density at radius 1 is 1.35 bits per heavy atom. The summed E-state index contributed by atoms with van der Waals surface area (Å²) in [6.45, 7) is 7.30. The zero-order valence-electron chi connectivity index (χ0n) is 11.3. The molecule has 1 saturated carbocycles. The zero-order chi connectivity index (χ0) is 13.1. The number of rotatable bonds is 3. The average Bonchev–Trinajstić information content (AvgIpc) is 2.65. The molecular weight excluding hydrogens is 218 g/mol. The van der Waals surface area contributed by atoms with Crippen molar-refractivity contribution in [3.8, 4) is 0 Å². The Balaban J connectivity index is 2.37. The summed E-state index contributed by atoms with van der Waals surface area (Å²) in [5.74, 6) is 0.319. The maximum absolute atomic E-state index is 11.5. The van der Waals surface area contributed by atoms with Crippen molar-refractivity contribution in [2.24, 2.45) is 5.92 Å². The molecule has 0 aromatic carbocycles. The summed E-state index contributed by atoms with van der Waals surface area (Å²) >= 11 is 0. The molecule has 0 radical (unpaired) electrons. The highest BCUT2D eigenvalue weighted by atomic mass is 16.6. The molecule has 2 N–H and O–H groups in total. The molecule has 4 heteroatoms. The van der Waals surface area contributed by atoms with Gasteiger partial charge in [0, 0.05) is 0 Å². The summed E-state index contributed by atoms with van der Waals surface area (Å²) in [5, 5.41) is 12.8. The molecule has 0 heterocycles. The Kier molecular flexibility index (Phi) is 4.80. The van der Waals surface area contributed by atoms with Crippen molar-refractivity contribution in [3.05, 3.63) is 0 Å². The number of aliphatic hydroxyl groups is 1. The molecule has 0 spiro atoms. The highest BCUT2D eigenvalue weighted by Gasteiger charge is 2.29. The lowest BCUT2D eigenvalue weighted by Crippen LogP contribution is -2.45. The molecule has 17 heavy (non-hydrogen) atoms. The van der Waals surface area contributed by atoms with Gasteiger partial charge in [0.2, 0.25) is 0 Å². The van der Waals surface area contributed by atoms with Gasteiger partial charge in [0.25, 0.3) is 0 Å². The molecule has 1 aliphatic rings. The number of carbonyl (C=O) groups excluding carboxylic acids is 1. The van der Waals surface area contributed by atoms with Crippen molar-refractivity contribution in [2.45, 2.75) is 71.1 Å². The van der Waals surface area contributed by atoms with E-state index in [0.29, 0.717) is 5.92 Å². The summed E-state index contributed by atoms with van der Waals surface area (Å²) in [5.41, 5.74) is -0.498. The van der Waals surface area contributed by atoms with Crippen LogP contribution in [0.4, 0.5) is 4.79 Å². The van der Waals surface area contributed by atoms with Gasteiger partial charge in [0.1, 0.15) is 5.60 Å². The summed E-state index contributed by atoms with van der Waals surface area (Å²) in [7, 11) is 0. The van der Waals surface area contributed by atoms with Crippen LogP contribution in [0.1, 0.15) is 53.4 Å².